The minimum absolute atomic E-state index is 0.126. The summed E-state index contributed by atoms with van der Waals surface area (Å²) in [4.78, 5) is 7.00. The first-order valence-electron chi connectivity index (χ1n) is 6.49. The molecule has 0 bridgehead atoms. The van der Waals surface area contributed by atoms with Gasteiger partial charge in [-0.3, -0.25) is 0 Å². The molecule has 114 valence electrons. The summed E-state index contributed by atoms with van der Waals surface area (Å²) in [6, 6.07) is 14.3. The first kappa shape index (κ1) is 14.8. The van der Waals surface area contributed by atoms with Crippen LogP contribution in [0.2, 0.25) is 0 Å². The van der Waals surface area contributed by atoms with E-state index in [0.29, 0.717) is 10.9 Å². The molecule has 0 radical (unpaired) electrons. The van der Waals surface area contributed by atoms with Gasteiger partial charge in [-0.05, 0) is 30.3 Å². The number of hydrogen-bond donors (Lipinski definition) is 0. The van der Waals surface area contributed by atoms with Crippen molar-refractivity contribution in [2.45, 2.75) is 6.18 Å². The number of ether oxygens (including phenoxy) is 1. The van der Waals surface area contributed by atoms with Crippen molar-refractivity contribution < 1.29 is 17.9 Å². The molecule has 0 aliphatic carbocycles. The highest BCUT2D eigenvalue weighted by Crippen LogP contribution is 2.33. The first-order valence-corrected chi connectivity index (χ1v) is 6.49. The molecule has 1 aromatic heterocycles. The van der Waals surface area contributed by atoms with Crippen LogP contribution in [-0.4, -0.2) is 9.97 Å². The second kappa shape index (κ2) is 5.57. The molecule has 4 nitrogen and oxygen atoms in total. The fourth-order valence-electron chi connectivity index (χ4n) is 1.99. The summed E-state index contributed by atoms with van der Waals surface area (Å²) in [5, 5.41) is 9.22. The Labute approximate surface area is 128 Å². The maximum atomic E-state index is 12.9. The van der Waals surface area contributed by atoms with Crippen LogP contribution in [0.5, 0.6) is 11.6 Å². The number of nitrogens with zero attached hydrogens (tertiary/aromatic N) is 3. The van der Waals surface area contributed by atoms with Crippen LogP contribution in [0, 0.1) is 11.3 Å². The minimum Gasteiger partial charge on any atom is -0.438 e. The number of nitriles is 1. The van der Waals surface area contributed by atoms with Gasteiger partial charge in [-0.2, -0.15) is 23.4 Å². The molecule has 0 unspecified atom stereocenters. The molecule has 0 amide bonds. The molecule has 0 atom stereocenters. The number of para-hydroxylation sites is 1. The quantitative estimate of drug-likeness (QED) is 0.707. The zero-order valence-electron chi connectivity index (χ0n) is 11.5. The molecule has 0 aliphatic heterocycles. The van der Waals surface area contributed by atoms with Crippen LogP contribution < -0.4 is 4.74 Å². The minimum atomic E-state index is -4.68. The van der Waals surface area contributed by atoms with E-state index < -0.39 is 12.0 Å². The number of benzene rings is 2. The Morgan fingerprint density at radius 3 is 2.52 bits per heavy atom. The molecule has 3 aromatic rings. The van der Waals surface area contributed by atoms with Crippen molar-refractivity contribution >= 4 is 10.9 Å². The fourth-order valence-corrected chi connectivity index (χ4v) is 1.99. The van der Waals surface area contributed by atoms with Crippen molar-refractivity contribution in [1.29, 1.82) is 5.26 Å². The molecule has 1 heterocycles. The third-order valence-corrected chi connectivity index (χ3v) is 3.00. The zero-order chi connectivity index (χ0) is 16.4. The van der Waals surface area contributed by atoms with Crippen molar-refractivity contribution in [2.75, 3.05) is 0 Å². The molecule has 3 rings (SSSR count). The van der Waals surface area contributed by atoms with Gasteiger partial charge in [0, 0.05) is 0 Å². The molecule has 0 fully saturated rings. The maximum Gasteiger partial charge on any atom is 0.451 e. The van der Waals surface area contributed by atoms with Gasteiger partial charge in [0.1, 0.15) is 5.75 Å². The van der Waals surface area contributed by atoms with E-state index in [2.05, 4.69) is 9.97 Å². The highest BCUT2D eigenvalue weighted by molar-refractivity contribution is 5.83. The highest BCUT2D eigenvalue weighted by atomic mass is 19.4. The van der Waals surface area contributed by atoms with Crippen molar-refractivity contribution in [3.63, 3.8) is 0 Å². The standard InChI is InChI=1S/C16H8F3N3O/c17-16(18,19)15-21-13-7-2-1-6-12(13)14(22-15)23-11-5-3-4-10(8-11)9-20/h1-8H. The van der Waals surface area contributed by atoms with Crippen molar-refractivity contribution in [3.05, 3.63) is 59.9 Å². The van der Waals surface area contributed by atoms with E-state index in [1.54, 1.807) is 30.3 Å². The van der Waals surface area contributed by atoms with Gasteiger partial charge in [-0.25, -0.2) is 4.98 Å². The van der Waals surface area contributed by atoms with Gasteiger partial charge in [-0.1, -0.05) is 18.2 Å². The van der Waals surface area contributed by atoms with Crippen LogP contribution in [0.15, 0.2) is 48.5 Å². The fraction of sp³-hybridized carbons (Fsp3) is 0.0625. The predicted octanol–water partition coefficient (Wildman–Crippen LogP) is 4.31. The van der Waals surface area contributed by atoms with Gasteiger partial charge < -0.3 is 4.74 Å². The van der Waals surface area contributed by atoms with E-state index in [1.165, 1.54) is 18.2 Å². The van der Waals surface area contributed by atoms with Gasteiger partial charge in [0.2, 0.25) is 11.7 Å². The maximum absolute atomic E-state index is 12.9. The normalized spacial score (nSPS) is 11.2. The monoisotopic (exact) mass is 315 g/mol. The van der Waals surface area contributed by atoms with Crippen molar-refractivity contribution in [1.82, 2.24) is 9.97 Å². The smallest absolute Gasteiger partial charge is 0.438 e. The molecule has 0 saturated carbocycles. The Morgan fingerprint density at radius 2 is 1.78 bits per heavy atom. The Hall–Kier alpha value is -3.14. The van der Waals surface area contributed by atoms with E-state index in [-0.39, 0.29) is 17.1 Å². The summed E-state index contributed by atoms with van der Waals surface area (Å²) < 4.78 is 44.3. The number of rotatable bonds is 2. The number of alkyl halides is 3. The first-order chi connectivity index (χ1) is 11.0. The molecule has 23 heavy (non-hydrogen) atoms. The highest BCUT2D eigenvalue weighted by Gasteiger charge is 2.35. The van der Waals surface area contributed by atoms with Crippen molar-refractivity contribution in [2.24, 2.45) is 0 Å². The summed E-state index contributed by atoms with van der Waals surface area (Å²) in [5.41, 5.74) is 0.457. The number of hydrogen-bond acceptors (Lipinski definition) is 4. The molecule has 7 heteroatoms. The van der Waals surface area contributed by atoms with Crippen LogP contribution in [-0.2, 0) is 6.18 Å². The lowest BCUT2D eigenvalue weighted by atomic mass is 10.2. The number of fused-ring (bicyclic) bond motifs is 1. The van der Waals surface area contributed by atoms with E-state index in [4.69, 9.17) is 10.00 Å². The number of halogens is 3. The molecule has 0 spiro atoms. The zero-order valence-corrected chi connectivity index (χ0v) is 11.5. The van der Waals surface area contributed by atoms with Gasteiger partial charge in [0.25, 0.3) is 0 Å². The Morgan fingerprint density at radius 1 is 1.00 bits per heavy atom. The second-order valence-electron chi connectivity index (χ2n) is 4.61. The molecule has 0 saturated heterocycles. The molecular formula is C16H8F3N3O. The van der Waals surface area contributed by atoms with E-state index in [1.807, 2.05) is 6.07 Å². The van der Waals surface area contributed by atoms with Crippen molar-refractivity contribution in [3.8, 4) is 17.7 Å². The van der Waals surface area contributed by atoms with Gasteiger partial charge in [0.15, 0.2) is 0 Å². The molecule has 0 N–H and O–H groups in total. The van der Waals surface area contributed by atoms with Crippen LogP contribution >= 0.6 is 0 Å². The van der Waals surface area contributed by atoms with E-state index in [0.717, 1.165) is 0 Å². The van der Waals surface area contributed by atoms with Gasteiger partial charge in [-0.15, -0.1) is 0 Å². The largest absolute Gasteiger partial charge is 0.451 e. The number of aromatic nitrogens is 2. The Balaban J connectivity index is 2.13. The van der Waals surface area contributed by atoms with Crippen LogP contribution in [0.1, 0.15) is 11.4 Å². The average Bonchev–Trinajstić information content (AvgIpc) is 2.54. The third-order valence-electron chi connectivity index (χ3n) is 3.00. The second-order valence-corrected chi connectivity index (χ2v) is 4.61. The Bertz CT molecular complexity index is 916. The summed E-state index contributed by atoms with van der Waals surface area (Å²) in [5.74, 6) is -1.26. The van der Waals surface area contributed by atoms with E-state index in [9.17, 15) is 13.2 Å². The average molecular weight is 315 g/mol. The van der Waals surface area contributed by atoms with E-state index >= 15 is 0 Å². The summed E-state index contributed by atoms with van der Waals surface area (Å²) >= 11 is 0. The lowest BCUT2D eigenvalue weighted by Gasteiger charge is -2.11. The van der Waals surface area contributed by atoms with Crippen LogP contribution in [0.25, 0.3) is 10.9 Å². The predicted molar refractivity (Wildman–Crippen MR) is 75.8 cm³/mol. The lowest BCUT2D eigenvalue weighted by Crippen LogP contribution is -2.11. The molecule has 0 aliphatic rings. The topological polar surface area (TPSA) is 58.8 Å². The third kappa shape index (κ3) is 3.06. The summed E-state index contributed by atoms with van der Waals surface area (Å²) in [6.45, 7) is 0. The van der Waals surface area contributed by atoms with Gasteiger partial charge in [0.05, 0.1) is 22.5 Å². The molecular weight excluding hydrogens is 307 g/mol. The lowest BCUT2D eigenvalue weighted by molar-refractivity contribution is -0.144. The van der Waals surface area contributed by atoms with Gasteiger partial charge >= 0.3 is 6.18 Å². The Kier molecular flexibility index (Phi) is 3.58. The summed E-state index contributed by atoms with van der Waals surface area (Å²) in [6.07, 6.45) is -4.68. The molecule has 2 aromatic carbocycles. The van der Waals surface area contributed by atoms with Crippen LogP contribution in [0.3, 0.4) is 0 Å². The van der Waals surface area contributed by atoms with Crippen LogP contribution in [0.4, 0.5) is 13.2 Å². The SMILES string of the molecule is N#Cc1cccc(Oc2nc(C(F)(F)F)nc3ccccc23)c1. The summed E-state index contributed by atoms with van der Waals surface area (Å²) in [7, 11) is 0.